The number of anilines is 1. The van der Waals surface area contributed by atoms with Gasteiger partial charge in [-0.3, -0.25) is 9.59 Å². The summed E-state index contributed by atoms with van der Waals surface area (Å²) in [5.41, 5.74) is 2.80. The molecule has 0 aliphatic heterocycles. The van der Waals surface area contributed by atoms with Crippen molar-refractivity contribution in [3.63, 3.8) is 0 Å². The highest BCUT2D eigenvalue weighted by atomic mass is 32.2. The van der Waals surface area contributed by atoms with Crippen LogP contribution in [-0.4, -0.2) is 36.3 Å². The van der Waals surface area contributed by atoms with Gasteiger partial charge in [0, 0.05) is 31.0 Å². The van der Waals surface area contributed by atoms with E-state index < -0.39 is 15.6 Å². The van der Waals surface area contributed by atoms with Crippen molar-refractivity contribution in [3.8, 4) is 0 Å². The van der Waals surface area contributed by atoms with Crippen molar-refractivity contribution in [2.45, 2.75) is 44.6 Å². The average Bonchev–Trinajstić information content (AvgIpc) is 3.12. The van der Waals surface area contributed by atoms with E-state index in [1.54, 1.807) is 13.8 Å². The second-order valence-corrected chi connectivity index (χ2v) is 8.74. The Morgan fingerprint density at radius 1 is 1.11 bits per heavy atom. The van der Waals surface area contributed by atoms with Crippen LogP contribution in [0.5, 0.6) is 0 Å². The first kappa shape index (κ1) is 20.3. The number of carbonyl (C=O) groups excluding carboxylic acids is 1. The van der Waals surface area contributed by atoms with Crippen LogP contribution in [0.25, 0.3) is 0 Å². The molecule has 150 valence electrons. The van der Waals surface area contributed by atoms with Crippen molar-refractivity contribution in [1.82, 2.24) is 8.87 Å². The predicted octanol–water partition coefficient (Wildman–Crippen LogP) is 2.01. The molecule has 2 aromatic rings. The van der Waals surface area contributed by atoms with Crippen LogP contribution in [0.2, 0.25) is 0 Å². The highest BCUT2D eigenvalue weighted by Gasteiger charge is 2.22. The molecule has 0 radical (unpaired) electrons. The van der Waals surface area contributed by atoms with Crippen LogP contribution in [0.1, 0.15) is 31.4 Å². The quantitative estimate of drug-likeness (QED) is 0.766. The number of amides is 1. The van der Waals surface area contributed by atoms with E-state index >= 15 is 0 Å². The van der Waals surface area contributed by atoms with Crippen molar-refractivity contribution in [1.29, 1.82) is 0 Å². The summed E-state index contributed by atoms with van der Waals surface area (Å²) in [5, 5.41) is 2.79. The van der Waals surface area contributed by atoms with Crippen LogP contribution >= 0.6 is 0 Å². The number of benzene rings is 1. The van der Waals surface area contributed by atoms with E-state index in [9.17, 15) is 18.0 Å². The van der Waals surface area contributed by atoms with Gasteiger partial charge in [0.15, 0.2) is 0 Å². The van der Waals surface area contributed by atoms with Crippen molar-refractivity contribution in [2.24, 2.45) is 0 Å². The lowest BCUT2D eigenvalue weighted by atomic mass is 10.1. The molecule has 1 aromatic carbocycles. The summed E-state index contributed by atoms with van der Waals surface area (Å²) in [6.07, 6.45) is 4.42. The van der Waals surface area contributed by atoms with E-state index in [0.29, 0.717) is 18.8 Å². The Morgan fingerprint density at radius 2 is 1.82 bits per heavy atom. The first-order valence-electron chi connectivity index (χ1n) is 9.47. The molecule has 0 unspecified atom stereocenters. The number of aromatic nitrogens is 1. The zero-order chi connectivity index (χ0) is 20.3. The van der Waals surface area contributed by atoms with Gasteiger partial charge < -0.3 is 9.88 Å². The van der Waals surface area contributed by atoms with Crippen LogP contribution in [0.15, 0.2) is 46.2 Å². The van der Waals surface area contributed by atoms with E-state index in [4.69, 9.17) is 0 Å². The molecule has 7 nitrogen and oxygen atoms in total. The van der Waals surface area contributed by atoms with E-state index in [-0.39, 0.29) is 17.3 Å². The molecule has 1 heterocycles. The summed E-state index contributed by atoms with van der Waals surface area (Å²) >= 11 is 0. The number of nitrogens with zero attached hydrogens (tertiary/aromatic N) is 2. The van der Waals surface area contributed by atoms with Gasteiger partial charge in [-0.05, 0) is 48.6 Å². The molecule has 0 saturated heterocycles. The van der Waals surface area contributed by atoms with Gasteiger partial charge in [-0.1, -0.05) is 19.9 Å². The van der Waals surface area contributed by atoms with E-state index in [1.165, 1.54) is 33.8 Å². The van der Waals surface area contributed by atoms with Gasteiger partial charge in [-0.2, -0.15) is 4.31 Å². The summed E-state index contributed by atoms with van der Waals surface area (Å²) < 4.78 is 27.7. The summed E-state index contributed by atoms with van der Waals surface area (Å²) in [4.78, 5) is 24.5. The molecule has 1 aliphatic rings. The molecule has 1 N–H and O–H groups in total. The predicted molar refractivity (Wildman–Crippen MR) is 108 cm³/mol. The largest absolute Gasteiger partial charge is 0.325 e. The van der Waals surface area contributed by atoms with Crippen LogP contribution in [0.3, 0.4) is 0 Å². The number of hydrogen-bond donors (Lipinski definition) is 1. The fraction of sp³-hybridized carbons (Fsp3) is 0.400. The summed E-state index contributed by atoms with van der Waals surface area (Å²) in [7, 11) is -3.70. The Hall–Kier alpha value is -2.45. The molecule has 0 saturated carbocycles. The monoisotopic (exact) mass is 403 g/mol. The molecule has 0 bridgehead atoms. The van der Waals surface area contributed by atoms with Crippen LogP contribution in [-0.2, 0) is 34.2 Å². The number of aryl methyl sites for hydroxylation is 2. The maximum atomic E-state index is 12.7. The van der Waals surface area contributed by atoms with Gasteiger partial charge >= 0.3 is 0 Å². The van der Waals surface area contributed by atoms with Gasteiger partial charge in [0.1, 0.15) is 6.54 Å². The molecule has 0 atom stereocenters. The number of nitrogens with one attached hydrogen (secondary N) is 1. The molecule has 1 amide bonds. The number of rotatable bonds is 7. The van der Waals surface area contributed by atoms with Crippen LogP contribution < -0.4 is 10.9 Å². The van der Waals surface area contributed by atoms with Gasteiger partial charge in [0.25, 0.3) is 5.56 Å². The van der Waals surface area contributed by atoms with Gasteiger partial charge in [0.2, 0.25) is 15.9 Å². The number of carbonyl (C=O) groups is 1. The minimum absolute atomic E-state index is 0.00105. The number of hydrogen-bond acceptors (Lipinski definition) is 4. The third-order valence-corrected chi connectivity index (χ3v) is 7.03. The first-order chi connectivity index (χ1) is 13.3. The molecular weight excluding hydrogens is 378 g/mol. The highest BCUT2D eigenvalue weighted by Crippen LogP contribution is 2.24. The fourth-order valence-corrected chi connectivity index (χ4v) is 4.98. The van der Waals surface area contributed by atoms with E-state index in [2.05, 4.69) is 5.32 Å². The van der Waals surface area contributed by atoms with Crippen molar-refractivity contribution in [2.75, 3.05) is 18.4 Å². The standard InChI is InChI=1S/C20H25N3O4S/c1-3-23(4-2)28(26,27)18-10-11-20(25)22(13-18)14-19(24)21-17-9-8-15-6-5-7-16(15)12-17/h8-13H,3-7,14H2,1-2H3,(H,21,24). The molecule has 3 rings (SSSR count). The summed E-state index contributed by atoms with van der Waals surface area (Å²) in [6, 6.07) is 8.29. The lowest BCUT2D eigenvalue weighted by molar-refractivity contribution is -0.116. The molecular formula is C20H25N3O4S. The Kier molecular flexibility index (Phi) is 6.00. The molecule has 0 spiro atoms. The Labute approximate surface area is 165 Å². The molecule has 28 heavy (non-hydrogen) atoms. The third-order valence-electron chi connectivity index (χ3n) is 5.00. The molecule has 8 heteroatoms. The second-order valence-electron chi connectivity index (χ2n) is 6.81. The van der Waals surface area contributed by atoms with Crippen LogP contribution in [0.4, 0.5) is 5.69 Å². The maximum Gasteiger partial charge on any atom is 0.251 e. The normalized spacial score (nSPS) is 13.5. The fourth-order valence-electron chi connectivity index (χ4n) is 3.50. The molecule has 1 aliphatic carbocycles. The topological polar surface area (TPSA) is 88.5 Å². The zero-order valence-corrected chi connectivity index (χ0v) is 17.0. The first-order valence-corrected chi connectivity index (χ1v) is 10.9. The Morgan fingerprint density at radius 3 is 2.54 bits per heavy atom. The average molecular weight is 404 g/mol. The number of fused-ring (bicyclic) bond motifs is 1. The third kappa shape index (κ3) is 4.18. The number of pyridine rings is 1. The second kappa shape index (κ2) is 8.28. The van der Waals surface area contributed by atoms with Gasteiger partial charge in [-0.25, -0.2) is 8.42 Å². The van der Waals surface area contributed by atoms with Crippen LogP contribution in [0, 0.1) is 0 Å². The number of sulfonamides is 1. The lowest BCUT2D eigenvalue weighted by Gasteiger charge is -2.19. The maximum absolute atomic E-state index is 12.7. The van der Waals surface area contributed by atoms with Crippen molar-refractivity contribution >= 4 is 21.6 Å². The summed E-state index contributed by atoms with van der Waals surface area (Å²) in [5.74, 6) is -0.377. The molecule has 1 aromatic heterocycles. The van der Waals surface area contributed by atoms with Gasteiger partial charge in [-0.15, -0.1) is 0 Å². The van der Waals surface area contributed by atoms with Crippen molar-refractivity contribution < 1.29 is 13.2 Å². The van der Waals surface area contributed by atoms with Gasteiger partial charge in [0.05, 0.1) is 4.90 Å². The summed E-state index contributed by atoms with van der Waals surface area (Å²) in [6.45, 7) is 3.91. The Bertz CT molecular complexity index is 1040. The highest BCUT2D eigenvalue weighted by molar-refractivity contribution is 7.89. The Balaban J connectivity index is 1.78. The SMILES string of the molecule is CCN(CC)S(=O)(=O)c1ccc(=O)n(CC(=O)Nc2ccc3c(c2)CCC3)c1. The minimum atomic E-state index is -3.70. The van der Waals surface area contributed by atoms with Crippen molar-refractivity contribution in [3.05, 3.63) is 58.0 Å². The van der Waals surface area contributed by atoms with E-state index in [1.807, 2.05) is 18.2 Å². The smallest absolute Gasteiger partial charge is 0.251 e. The minimum Gasteiger partial charge on any atom is -0.325 e. The zero-order valence-electron chi connectivity index (χ0n) is 16.1. The lowest BCUT2D eigenvalue weighted by Crippen LogP contribution is -2.33. The molecule has 0 fully saturated rings. The van der Waals surface area contributed by atoms with E-state index in [0.717, 1.165) is 23.8 Å².